The summed E-state index contributed by atoms with van der Waals surface area (Å²) in [5.41, 5.74) is 6.96. The van der Waals surface area contributed by atoms with Crippen molar-refractivity contribution in [3.8, 4) is 0 Å². The topological polar surface area (TPSA) is 84.2 Å². The van der Waals surface area contributed by atoms with Gasteiger partial charge in [-0.3, -0.25) is 9.59 Å². The number of anilines is 1. The van der Waals surface area contributed by atoms with E-state index in [0.717, 1.165) is 5.56 Å². The largest absolute Gasteiger partial charge is 0.471 e. The molecule has 0 aliphatic carbocycles. The van der Waals surface area contributed by atoms with E-state index in [1.807, 2.05) is 30.3 Å². The van der Waals surface area contributed by atoms with Crippen molar-refractivity contribution < 1.29 is 22.8 Å². The van der Waals surface area contributed by atoms with Crippen LogP contribution in [0.2, 0.25) is 0 Å². The lowest BCUT2D eigenvalue weighted by atomic mass is 10.0. The number of hydrogen-bond donors (Lipinski definition) is 3. The molecule has 0 fully saturated rings. The molecule has 2 aromatic rings. The number of nitrogens with two attached hydrogens (primary N) is 1. The summed E-state index contributed by atoms with van der Waals surface area (Å²) in [7, 11) is 0. The Morgan fingerprint density at radius 2 is 1.78 bits per heavy atom. The zero-order valence-corrected chi connectivity index (χ0v) is 14.6. The molecule has 0 saturated heterocycles. The molecular formula is C19H20F3N3O2. The maximum Gasteiger partial charge on any atom is 0.471 e. The molecule has 2 rings (SSSR count). The lowest BCUT2D eigenvalue weighted by Gasteiger charge is -2.19. The van der Waals surface area contributed by atoms with E-state index in [-0.39, 0.29) is 17.3 Å². The third kappa shape index (κ3) is 5.55. The van der Waals surface area contributed by atoms with E-state index in [4.69, 9.17) is 5.73 Å². The molecule has 0 aromatic heterocycles. The van der Waals surface area contributed by atoms with Crippen LogP contribution in [0, 0.1) is 6.92 Å². The van der Waals surface area contributed by atoms with Crippen molar-refractivity contribution in [2.75, 3.05) is 11.9 Å². The van der Waals surface area contributed by atoms with E-state index < -0.39 is 18.0 Å². The zero-order chi connectivity index (χ0) is 20.0. The Hall–Kier alpha value is -2.87. The van der Waals surface area contributed by atoms with Gasteiger partial charge in [-0.05, 0) is 43.1 Å². The van der Waals surface area contributed by atoms with Gasteiger partial charge in [0, 0.05) is 11.3 Å². The van der Waals surface area contributed by atoms with Gasteiger partial charge in [0.05, 0.1) is 6.04 Å². The number of carbonyl (C=O) groups is 2. The summed E-state index contributed by atoms with van der Waals surface area (Å²) in [6.45, 7) is 1.88. The van der Waals surface area contributed by atoms with Crippen LogP contribution in [0.25, 0.3) is 0 Å². The van der Waals surface area contributed by atoms with Crippen molar-refractivity contribution in [3.05, 3.63) is 65.2 Å². The average molecular weight is 379 g/mol. The van der Waals surface area contributed by atoms with Crippen LogP contribution in [-0.2, 0) is 4.79 Å². The molecule has 0 unspecified atom stereocenters. The van der Waals surface area contributed by atoms with Crippen LogP contribution < -0.4 is 16.4 Å². The third-order valence-electron chi connectivity index (χ3n) is 3.97. The van der Waals surface area contributed by atoms with E-state index >= 15 is 0 Å². The van der Waals surface area contributed by atoms with Gasteiger partial charge < -0.3 is 16.4 Å². The van der Waals surface area contributed by atoms with E-state index in [2.05, 4.69) is 5.32 Å². The number of amides is 2. The monoisotopic (exact) mass is 379 g/mol. The van der Waals surface area contributed by atoms with Gasteiger partial charge in [0.2, 0.25) is 0 Å². The normalized spacial score (nSPS) is 12.3. The van der Waals surface area contributed by atoms with Crippen LogP contribution in [-0.4, -0.2) is 24.5 Å². The fraction of sp³-hybridized carbons (Fsp3) is 0.263. The van der Waals surface area contributed by atoms with Crippen LogP contribution in [0.4, 0.5) is 18.9 Å². The van der Waals surface area contributed by atoms with E-state index in [9.17, 15) is 22.8 Å². The molecule has 0 radical (unpaired) electrons. The number of alkyl halides is 3. The van der Waals surface area contributed by atoms with Gasteiger partial charge in [0.15, 0.2) is 0 Å². The smallest absolute Gasteiger partial charge is 0.345 e. The van der Waals surface area contributed by atoms with E-state index in [1.165, 1.54) is 25.1 Å². The minimum atomic E-state index is -5.01. The summed E-state index contributed by atoms with van der Waals surface area (Å²) >= 11 is 0. The highest BCUT2D eigenvalue weighted by atomic mass is 19.4. The Morgan fingerprint density at radius 1 is 1.11 bits per heavy atom. The first-order valence-corrected chi connectivity index (χ1v) is 8.27. The molecule has 0 spiro atoms. The first-order valence-electron chi connectivity index (χ1n) is 8.27. The second kappa shape index (κ2) is 8.68. The maximum atomic E-state index is 12.6. The summed E-state index contributed by atoms with van der Waals surface area (Å²) in [6, 6.07) is 13.1. The first kappa shape index (κ1) is 20.4. The molecule has 0 aliphatic rings. The van der Waals surface area contributed by atoms with Gasteiger partial charge in [0.25, 0.3) is 5.91 Å². The Bertz CT molecular complexity index is 808. The van der Waals surface area contributed by atoms with Gasteiger partial charge in [-0.1, -0.05) is 36.4 Å². The Labute approximate surface area is 154 Å². The average Bonchev–Trinajstić information content (AvgIpc) is 2.63. The maximum absolute atomic E-state index is 12.6. The molecular weight excluding hydrogens is 359 g/mol. The fourth-order valence-corrected chi connectivity index (χ4v) is 2.51. The number of rotatable bonds is 6. The molecule has 0 bridgehead atoms. The van der Waals surface area contributed by atoms with Crippen molar-refractivity contribution >= 4 is 17.5 Å². The van der Waals surface area contributed by atoms with E-state index in [1.54, 1.807) is 5.32 Å². The number of hydrogen-bond acceptors (Lipinski definition) is 3. The molecule has 27 heavy (non-hydrogen) atoms. The van der Waals surface area contributed by atoms with Crippen molar-refractivity contribution in [3.63, 3.8) is 0 Å². The number of nitrogens with one attached hydrogen (secondary N) is 2. The van der Waals surface area contributed by atoms with Gasteiger partial charge in [-0.2, -0.15) is 13.2 Å². The second-order valence-electron chi connectivity index (χ2n) is 6.00. The van der Waals surface area contributed by atoms with Crippen LogP contribution in [0.3, 0.4) is 0 Å². The minimum absolute atomic E-state index is 0.0694. The molecule has 0 aliphatic heterocycles. The molecule has 8 heteroatoms. The lowest BCUT2D eigenvalue weighted by molar-refractivity contribution is -0.167. The molecule has 0 saturated carbocycles. The zero-order valence-electron chi connectivity index (χ0n) is 14.6. The molecule has 144 valence electrons. The lowest BCUT2D eigenvalue weighted by Crippen LogP contribution is -2.31. The standard InChI is InChI=1S/C19H20F3N3O2/c1-12-7-8-14(11-16(12)25-18(27)19(20,21)22)17(26)24-15(9-10-23)13-5-3-2-4-6-13/h2-8,11,15H,9-10,23H2,1H3,(H,24,26)(H,25,27)/t15-/m1/s1. The number of carbonyl (C=O) groups excluding carboxylic acids is 2. The highest BCUT2D eigenvalue weighted by Gasteiger charge is 2.38. The highest BCUT2D eigenvalue weighted by Crippen LogP contribution is 2.23. The second-order valence-corrected chi connectivity index (χ2v) is 6.00. The molecule has 2 amide bonds. The summed E-state index contributed by atoms with van der Waals surface area (Å²) in [5, 5.41) is 4.62. The Balaban J connectivity index is 2.20. The van der Waals surface area contributed by atoms with E-state index in [0.29, 0.717) is 18.5 Å². The van der Waals surface area contributed by atoms with Crippen LogP contribution in [0.1, 0.15) is 33.9 Å². The Morgan fingerprint density at radius 3 is 2.37 bits per heavy atom. The third-order valence-corrected chi connectivity index (χ3v) is 3.97. The quantitative estimate of drug-likeness (QED) is 0.720. The fourth-order valence-electron chi connectivity index (χ4n) is 2.51. The summed E-state index contributed by atoms with van der Waals surface area (Å²) in [4.78, 5) is 23.7. The molecule has 1 atom stereocenters. The number of halogens is 3. The molecule has 5 nitrogen and oxygen atoms in total. The van der Waals surface area contributed by atoms with Gasteiger partial charge >= 0.3 is 12.1 Å². The molecule has 2 aromatic carbocycles. The summed E-state index contributed by atoms with van der Waals surface area (Å²) < 4.78 is 37.4. The van der Waals surface area contributed by atoms with Gasteiger partial charge in [-0.15, -0.1) is 0 Å². The van der Waals surface area contributed by atoms with Crippen molar-refractivity contribution in [2.45, 2.75) is 25.6 Å². The minimum Gasteiger partial charge on any atom is -0.345 e. The van der Waals surface area contributed by atoms with Crippen LogP contribution in [0.5, 0.6) is 0 Å². The summed E-state index contributed by atoms with van der Waals surface area (Å²) in [5.74, 6) is -2.56. The van der Waals surface area contributed by atoms with Crippen LogP contribution in [0.15, 0.2) is 48.5 Å². The molecule has 4 N–H and O–H groups in total. The van der Waals surface area contributed by atoms with Crippen LogP contribution >= 0.6 is 0 Å². The Kier molecular flexibility index (Phi) is 6.57. The van der Waals surface area contributed by atoms with Crippen molar-refractivity contribution in [1.82, 2.24) is 5.32 Å². The summed E-state index contributed by atoms with van der Waals surface area (Å²) in [6.07, 6.45) is -4.51. The van der Waals surface area contributed by atoms with Crippen molar-refractivity contribution in [2.24, 2.45) is 5.73 Å². The predicted molar refractivity (Wildman–Crippen MR) is 96.2 cm³/mol. The molecule has 0 heterocycles. The highest BCUT2D eigenvalue weighted by molar-refractivity contribution is 5.99. The van der Waals surface area contributed by atoms with Gasteiger partial charge in [-0.25, -0.2) is 0 Å². The first-order chi connectivity index (χ1) is 12.7. The predicted octanol–water partition coefficient (Wildman–Crippen LogP) is 3.32. The van der Waals surface area contributed by atoms with Crippen molar-refractivity contribution in [1.29, 1.82) is 0 Å². The SMILES string of the molecule is Cc1ccc(C(=O)N[C@H](CCN)c2ccccc2)cc1NC(=O)C(F)(F)F. The number of benzene rings is 2. The number of aryl methyl sites for hydroxylation is 1. The van der Waals surface area contributed by atoms with Gasteiger partial charge in [0.1, 0.15) is 0 Å².